The van der Waals surface area contributed by atoms with Crippen LogP contribution in [0.4, 0.5) is 8.78 Å². The Balaban J connectivity index is 2.06. The fourth-order valence-corrected chi connectivity index (χ4v) is 2.69. The first-order chi connectivity index (χ1) is 8.08. The summed E-state index contributed by atoms with van der Waals surface area (Å²) in [5, 5.41) is 3.18. The molecule has 1 nitrogen and oxygen atoms in total. The summed E-state index contributed by atoms with van der Waals surface area (Å²) in [6.07, 6.45) is 1.84. The summed E-state index contributed by atoms with van der Waals surface area (Å²) in [6.45, 7) is 1.67. The zero-order valence-electron chi connectivity index (χ0n) is 9.56. The van der Waals surface area contributed by atoms with Gasteiger partial charge in [0, 0.05) is 16.5 Å². The quantitative estimate of drug-likeness (QED) is 0.892. The van der Waals surface area contributed by atoms with Gasteiger partial charge in [0.05, 0.1) is 0 Å². The van der Waals surface area contributed by atoms with Gasteiger partial charge in [0.25, 0.3) is 5.92 Å². The van der Waals surface area contributed by atoms with Crippen LogP contribution in [0, 0.1) is 5.92 Å². The molecule has 94 valence electrons. The average Bonchev–Trinajstić information content (AvgIpc) is 2.30. The van der Waals surface area contributed by atoms with E-state index in [1.165, 1.54) is 12.1 Å². The molecule has 1 atom stereocenters. The molecular weight excluding hydrogens is 288 g/mol. The van der Waals surface area contributed by atoms with E-state index < -0.39 is 5.92 Å². The van der Waals surface area contributed by atoms with Crippen LogP contribution >= 0.6 is 15.9 Å². The van der Waals surface area contributed by atoms with Gasteiger partial charge < -0.3 is 5.32 Å². The van der Waals surface area contributed by atoms with Gasteiger partial charge in [0.15, 0.2) is 0 Å². The van der Waals surface area contributed by atoms with Gasteiger partial charge in [-0.1, -0.05) is 28.1 Å². The van der Waals surface area contributed by atoms with Crippen LogP contribution in [0.25, 0.3) is 0 Å². The molecule has 1 aliphatic heterocycles. The second kappa shape index (κ2) is 5.44. The molecule has 0 radical (unpaired) electrons. The first-order valence-electron chi connectivity index (χ1n) is 5.92. The van der Waals surface area contributed by atoms with Crippen molar-refractivity contribution in [3.05, 3.63) is 34.3 Å². The number of benzene rings is 1. The van der Waals surface area contributed by atoms with Gasteiger partial charge in [-0.3, -0.25) is 0 Å². The number of halogens is 3. The molecule has 17 heavy (non-hydrogen) atoms. The molecule has 0 saturated carbocycles. The molecular formula is C13H16BrF2N. The topological polar surface area (TPSA) is 12.0 Å². The Labute approximate surface area is 109 Å². The minimum atomic E-state index is -2.73. The van der Waals surface area contributed by atoms with E-state index in [-0.39, 0.29) is 17.9 Å². The Morgan fingerprint density at radius 3 is 2.88 bits per heavy atom. The highest BCUT2D eigenvalue weighted by Crippen LogP contribution is 2.37. The summed E-state index contributed by atoms with van der Waals surface area (Å²) in [6, 6.07) is 6.44. The van der Waals surface area contributed by atoms with Gasteiger partial charge in [-0.25, -0.2) is 8.78 Å². The second-order valence-electron chi connectivity index (χ2n) is 4.63. The lowest BCUT2D eigenvalue weighted by molar-refractivity contribution is -0.0318. The van der Waals surface area contributed by atoms with E-state index >= 15 is 0 Å². The molecule has 1 heterocycles. The number of rotatable bonds is 3. The Morgan fingerprint density at radius 1 is 1.41 bits per heavy atom. The van der Waals surface area contributed by atoms with Gasteiger partial charge in [0.1, 0.15) is 0 Å². The molecule has 1 saturated heterocycles. The van der Waals surface area contributed by atoms with Crippen molar-refractivity contribution in [3.8, 4) is 0 Å². The standard InChI is InChI=1S/C13H16BrF2N/c14-12-5-1-4-11(7-12)13(15,16)8-10-3-2-6-17-9-10/h1,4-5,7,10,17H,2-3,6,8-9H2. The zero-order chi connectivity index (χ0) is 12.3. The highest BCUT2D eigenvalue weighted by atomic mass is 79.9. The number of hydrogen-bond donors (Lipinski definition) is 1. The van der Waals surface area contributed by atoms with Crippen LogP contribution in [0.5, 0.6) is 0 Å². The highest BCUT2D eigenvalue weighted by molar-refractivity contribution is 9.10. The lowest BCUT2D eigenvalue weighted by Gasteiger charge is -2.27. The lowest BCUT2D eigenvalue weighted by atomic mass is 9.90. The summed E-state index contributed by atoms with van der Waals surface area (Å²) in [4.78, 5) is 0. The molecule has 1 fully saturated rings. The molecule has 2 rings (SSSR count). The predicted octanol–water partition coefficient (Wildman–Crippen LogP) is 3.93. The number of nitrogens with one attached hydrogen (secondary N) is 1. The zero-order valence-corrected chi connectivity index (χ0v) is 11.1. The largest absolute Gasteiger partial charge is 0.316 e. The molecule has 1 aliphatic rings. The van der Waals surface area contributed by atoms with Crippen molar-refractivity contribution in [2.24, 2.45) is 5.92 Å². The number of hydrogen-bond acceptors (Lipinski definition) is 1. The van der Waals surface area contributed by atoms with Crippen molar-refractivity contribution < 1.29 is 8.78 Å². The maximum absolute atomic E-state index is 14.1. The average molecular weight is 304 g/mol. The molecule has 0 amide bonds. The van der Waals surface area contributed by atoms with Crippen LogP contribution in [0.2, 0.25) is 0 Å². The third kappa shape index (κ3) is 3.49. The third-order valence-corrected chi connectivity index (χ3v) is 3.68. The molecule has 1 unspecified atom stereocenters. The Bertz CT molecular complexity index is 375. The summed E-state index contributed by atoms with van der Waals surface area (Å²) in [5.41, 5.74) is 0.109. The van der Waals surface area contributed by atoms with Crippen molar-refractivity contribution in [1.82, 2.24) is 5.32 Å². The van der Waals surface area contributed by atoms with Gasteiger partial charge in [-0.05, 0) is 44.0 Å². The molecule has 0 aromatic heterocycles. The van der Waals surface area contributed by atoms with Crippen LogP contribution in [-0.2, 0) is 5.92 Å². The smallest absolute Gasteiger partial charge is 0.273 e. The first-order valence-corrected chi connectivity index (χ1v) is 6.72. The Kier molecular flexibility index (Phi) is 4.15. The van der Waals surface area contributed by atoms with Gasteiger partial charge in [-0.15, -0.1) is 0 Å². The van der Waals surface area contributed by atoms with Crippen molar-refractivity contribution in [3.63, 3.8) is 0 Å². The van der Waals surface area contributed by atoms with Crippen LogP contribution < -0.4 is 5.32 Å². The van der Waals surface area contributed by atoms with Gasteiger partial charge in [0.2, 0.25) is 0 Å². The normalized spacial score (nSPS) is 21.5. The maximum atomic E-state index is 14.1. The second-order valence-corrected chi connectivity index (χ2v) is 5.55. The van der Waals surface area contributed by atoms with Crippen molar-refractivity contribution in [2.75, 3.05) is 13.1 Å². The van der Waals surface area contributed by atoms with Crippen LogP contribution in [0.3, 0.4) is 0 Å². The Morgan fingerprint density at radius 2 is 2.24 bits per heavy atom. The molecule has 1 aromatic rings. The fourth-order valence-electron chi connectivity index (χ4n) is 2.29. The van der Waals surface area contributed by atoms with E-state index in [9.17, 15) is 8.78 Å². The predicted molar refractivity (Wildman–Crippen MR) is 68.2 cm³/mol. The van der Waals surface area contributed by atoms with E-state index in [1.54, 1.807) is 12.1 Å². The number of piperidine rings is 1. The SMILES string of the molecule is FC(F)(CC1CCCNC1)c1cccc(Br)c1. The Hall–Kier alpha value is -0.480. The van der Waals surface area contributed by atoms with Crippen molar-refractivity contribution in [2.45, 2.75) is 25.2 Å². The molecule has 0 aliphatic carbocycles. The van der Waals surface area contributed by atoms with Gasteiger partial charge >= 0.3 is 0 Å². The van der Waals surface area contributed by atoms with E-state index in [1.807, 2.05) is 0 Å². The monoisotopic (exact) mass is 303 g/mol. The number of alkyl halides is 2. The van der Waals surface area contributed by atoms with Crippen LogP contribution in [0.1, 0.15) is 24.8 Å². The molecule has 0 bridgehead atoms. The summed E-state index contributed by atoms with van der Waals surface area (Å²) < 4.78 is 28.8. The van der Waals surface area contributed by atoms with E-state index in [2.05, 4.69) is 21.2 Å². The molecule has 1 aromatic carbocycles. The lowest BCUT2D eigenvalue weighted by Crippen LogP contribution is -2.33. The molecule has 1 N–H and O–H groups in total. The fraction of sp³-hybridized carbons (Fsp3) is 0.538. The van der Waals surface area contributed by atoms with E-state index in [4.69, 9.17) is 0 Å². The minimum absolute atomic E-state index is 0.0591. The third-order valence-electron chi connectivity index (χ3n) is 3.19. The summed E-state index contributed by atoms with van der Waals surface area (Å²) in [5.74, 6) is -2.65. The van der Waals surface area contributed by atoms with Crippen LogP contribution in [0.15, 0.2) is 28.7 Å². The minimum Gasteiger partial charge on any atom is -0.316 e. The molecule has 0 spiro atoms. The van der Waals surface area contributed by atoms with Crippen LogP contribution in [-0.4, -0.2) is 13.1 Å². The summed E-state index contributed by atoms with van der Waals surface area (Å²) >= 11 is 3.23. The molecule has 4 heteroatoms. The van der Waals surface area contributed by atoms with E-state index in [0.717, 1.165) is 19.4 Å². The van der Waals surface area contributed by atoms with Crippen molar-refractivity contribution in [1.29, 1.82) is 0 Å². The summed E-state index contributed by atoms with van der Waals surface area (Å²) in [7, 11) is 0. The van der Waals surface area contributed by atoms with Gasteiger partial charge in [-0.2, -0.15) is 0 Å². The van der Waals surface area contributed by atoms with E-state index in [0.29, 0.717) is 11.0 Å². The maximum Gasteiger partial charge on any atom is 0.273 e. The first kappa shape index (κ1) is 13.0. The van der Waals surface area contributed by atoms with Crippen molar-refractivity contribution >= 4 is 15.9 Å². The highest BCUT2D eigenvalue weighted by Gasteiger charge is 2.35.